The van der Waals surface area contributed by atoms with Gasteiger partial charge in [-0.2, -0.15) is 13.2 Å². The van der Waals surface area contributed by atoms with E-state index < -0.39 is 12.6 Å². The van der Waals surface area contributed by atoms with Gasteiger partial charge >= 0.3 is 6.18 Å². The molecule has 0 saturated carbocycles. The maximum atomic E-state index is 12.2. The molecule has 0 amide bonds. The number of benzene rings is 1. The third-order valence-electron chi connectivity index (χ3n) is 2.64. The van der Waals surface area contributed by atoms with E-state index in [-0.39, 0.29) is 12.4 Å². The number of nitrogen functional groups attached to an aromatic ring is 1. The summed E-state index contributed by atoms with van der Waals surface area (Å²) in [6, 6.07) is 5.22. The van der Waals surface area contributed by atoms with E-state index in [0.717, 1.165) is 4.90 Å². The van der Waals surface area contributed by atoms with Gasteiger partial charge in [-0.15, -0.1) is 11.8 Å². The van der Waals surface area contributed by atoms with Gasteiger partial charge in [-0.25, -0.2) is 0 Å². The molecule has 106 valence electrons. The molecule has 0 spiro atoms. The Bertz CT molecular complexity index is 460. The van der Waals surface area contributed by atoms with E-state index in [1.54, 1.807) is 25.2 Å². The Morgan fingerprint density at radius 2 is 2.05 bits per heavy atom. The lowest BCUT2D eigenvalue weighted by atomic mass is 10.1. The highest BCUT2D eigenvalue weighted by molar-refractivity contribution is 7.98. The molecule has 0 bridgehead atoms. The number of nitrogens with two attached hydrogens (primary N) is 1. The zero-order valence-corrected chi connectivity index (χ0v) is 11.5. The fraction of sp³-hybridized carbons (Fsp3) is 0.417. The standard InChI is InChI=1S/C12H16F3N3S/c1-18(7-6-12(13,14)15)8-4-3-5-9(19-2)10(8)11(16)17/h3-5H,6-7H2,1-2H3,(H3,16,17). The molecule has 0 aliphatic carbocycles. The summed E-state index contributed by atoms with van der Waals surface area (Å²) in [4.78, 5) is 2.26. The van der Waals surface area contributed by atoms with Gasteiger partial charge in [0.1, 0.15) is 5.84 Å². The van der Waals surface area contributed by atoms with Crippen LogP contribution in [0.15, 0.2) is 23.1 Å². The van der Waals surface area contributed by atoms with Crippen LogP contribution in [-0.2, 0) is 0 Å². The average Bonchev–Trinajstić information content (AvgIpc) is 2.33. The first kappa shape index (κ1) is 15.7. The maximum absolute atomic E-state index is 12.2. The minimum atomic E-state index is -4.19. The molecular weight excluding hydrogens is 275 g/mol. The highest BCUT2D eigenvalue weighted by Gasteiger charge is 2.27. The minimum Gasteiger partial charge on any atom is -0.384 e. The van der Waals surface area contributed by atoms with Crippen LogP contribution in [0.2, 0.25) is 0 Å². The summed E-state index contributed by atoms with van der Waals surface area (Å²) in [6.07, 6.45) is -3.26. The Morgan fingerprint density at radius 3 is 2.53 bits per heavy atom. The molecule has 0 atom stereocenters. The number of hydrogen-bond acceptors (Lipinski definition) is 3. The third kappa shape index (κ3) is 4.34. The van der Waals surface area contributed by atoms with Crippen molar-refractivity contribution in [2.75, 3.05) is 24.7 Å². The van der Waals surface area contributed by atoms with Crippen molar-refractivity contribution in [2.45, 2.75) is 17.5 Å². The quantitative estimate of drug-likeness (QED) is 0.498. The molecule has 1 aromatic carbocycles. The summed E-state index contributed by atoms with van der Waals surface area (Å²) in [5.74, 6) is -0.140. The van der Waals surface area contributed by atoms with E-state index in [2.05, 4.69) is 0 Å². The molecule has 1 rings (SSSR count). The first-order valence-electron chi connectivity index (χ1n) is 5.55. The summed E-state index contributed by atoms with van der Waals surface area (Å²) >= 11 is 1.41. The SMILES string of the molecule is CSc1cccc(N(C)CCC(F)(F)F)c1C(=N)N. The van der Waals surface area contributed by atoms with Crippen LogP contribution in [0.1, 0.15) is 12.0 Å². The highest BCUT2D eigenvalue weighted by atomic mass is 32.2. The predicted molar refractivity (Wildman–Crippen MR) is 73.2 cm³/mol. The molecule has 0 unspecified atom stereocenters. The van der Waals surface area contributed by atoms with Crippen LogP contribution in [0, 0.1) is 5.41 Å². The Morgan fingerprint density at radius 1 is 1.42 bits per heavy atom. The smallest absolute Gasteiger partial charge is 0.384 e. The molecule has 0 aliphatic rings. The molecule has 0 heterocycles. The van der Waals surface area contributed by atoms with Crippen molar-refractivity contribution in [1.82, 2.24) is 0 Å². The van der Waals surface area contributed by atoms with Crippen molar-refractivity contribution < 1.29 is 13.2 Å². The lowest BCUT2D eigenvalue weighted by molar-refractivity contribution is -0.132. The normalized spacial score (nSPS) is 11.4. The van der Waals surface area contributed by atoms with E-state index >= 15 is 0 Å². The van der Waals surface area contributed by atoms with E-state index in [1.807, 2.05) is 6.26 Å². The summed E-state index contributed by atoms with van der Waals surface area (Å²) in [5, 5.41) is 7.58. The molecule has 0 aliphatic heterocycles. The van der Waals surface area contributed by atoms with Crippen molar-refractivity contribution in [3.05, 3.63) is 23.8 Å². The monoisotopic (exact) mass is 291 g/mol. The number of halogens is 3. The van der Waals surface area contributed by atoms with Crippen molar-refractivity contribution in [3.8, 4) is 0 Å². The van der Waals surface area contributed by atoms with Crippen LogP contribution in [0.25, 0.3) is 0 Å². The predicted octanol–water partition coefficient (Wildman–Crippen LogP) is 3.08. The topological polar surface area (TPSA) is 53.1 Å². The Kier molecular flexibility index (Phi) is 5.11. The molecule has 19 heavy (non-hydrogen) atoms. The number of nitrogens with zero attached hydrogens (tertiary/aromatic N) is 1. The molecule has 0 fully saturated rings. The Hall–Kier alpha value is -1.37. The lowest BCUT2D eigenvalue weighted by Crippen LogP contribution is -2.27. The minimum absolute atomic E-state index is 0.140. The van der Waals surface area contributed by atoms with Crippen LogP contribution < -0.4 is 10.6 Å². The van der Waals surface area contributed by atoms with Crippen LogP contribution >= 0.6 is 11.8 Å². The van der Waals surface area contributed by atoms with Gasteiger partial charge in [0.2, 0.25) is 0 Å². The molecule has 0 aromatic heterocycles. The van der Waals surface area contributed by atoms with E-state index in [1.165, 1.54) is 16.7 Å². The Labute approximate surface area is 114 Å². The Balaban J connectivity index is 3.02. The fourth-order valence-electron chi connectivity index (χ4n) is 1.69. The maximum Gasteiger partial charge on any atom is 0.390 e. The number of amidine groups is 1. The molecule has 0 saturated heterocycles. The first-order chi connectivity index (χ1) is 8.76. The van der Waals surface area contributed by atoms with Gasteiger partial charge in [0.25, 0.3) is 0 Å². The summed E-state index contributed by atoms with van der Waals surface area (Å²) in [5.41, 5.74) is 6.56. The zero-order valence-electron chi connectivity index (χ0n) is 10.7. The number of alkyl halides is 3. The van der Waals surface area contributed by atoms with Gasteiger partial charge in [0.05, 0.1) is 12.0 Å². The van der Waals surface area contributed by atoms with Gasteiger partial charge in [-0.3, -0.25) is 5.41 Å². The van der Waals surface area contributed by atoms with Gasteiger partial charge in [-0.1, -0.05) is 6.07 Å². The first-order valence-corrected chi connectivity index (χ1v) is 6.78. The van der Waals surface area contributed by atoms with Crippen LogP contribution in [-0.4, -0.2) is 31.9 Å². The molecule has 1 aromatic rings. The van der Waals surface area contributed by atoms with E-state index in [4.69, 9.17) is 11.1 Å². The second kappa shape index (κ2) is 6.18. The van der Waals surface area contributed by atoms with Crippen LogP contribution in [0.5, 0.6) is 0 Å². The van der Waals surface area contributed by atoms with Crippen molar-refractivity contribution >= 4 is 23.3 Å². The number of rotatable bonds is 5. The van der Waals surface area contributed by atoms with Crippen molar-refractivity contribution in [1.29, 1.82) is 5.41 Å². The summed E-state index contributed by atoms with van der Waals surface area (Å²) in [7, 11) is 1.57. The summed E-state index contributed by atoms with van der Waals surface area (Å²) in [6.45, 7) is -0.165. The van der Waals surface area contributed by atoms with Gasteiger partial charge in [0.15, 0.2) is 0 Å². The molecule has 3 nitrogen and oxygen atoms in total. The second-order valence-electron chi connectivity index (χ2n) is 4.05. The van der Waals surface area contributed by atoms with Crippen molar-refractivity contribution in [3.63, 3.8) is 0 Å². The van der Waals surface area contributed by atoms with Gasteiger partial charge in [0, 0.05) is 24.2 Å². The molecule has 3 N–H and O–H groups in total. The second-order valence-corrected chi connectivity index (χ2v) is 4.90. The van der Waals surface area contributed by atoms with E-state index in [0.29, 0.717) is 11.3 Å². The number of thioether (sulfide) groups is 1. The molecule has 7 heteroatoms. The molecular formula is C12H16F3N3S. The zero-order chi connectivity index (χ0) is 14.6. The highest BCUT2D eigenvalue weighted by Crippen LogP contribution is 2.30. The average molecular weight is 291 g/mol. The van der Waals surface area contributed by atoms with Crippen LogP contribution in [0.4, 0.5) is 18.9 Å². The summed E-state index contributed by atoms with van der Waals surface area (Å²) < 4.78 is 36.7. The lowest BCUT2D eigenvalue weighted by Gasteiger charge is -2.24. The largest absolute Gasteiger partial charge is 0.390 e. The van der Waals surface area contributed by atoms with Crippen LogP contribution in [0.3, 0.4) is 0 Å². The van der Waals surface area contributed by atoms with Crippen molar-refractivity contribution in [2.24, 2.45) is 5.73 Å². The number of anilines is 1. The number of hydrogen-bond donors (Lipinski definition) is 2. The third-order valence-corrected chi connectivity index (χ3v) is 3.42. The van der Waals surface area contributed by atoms with Gasteiger partial charge in [-0.05, 0) is 18.4 Å². The fourth-order valence-corrected chi connectivity index (χ4v) is 2.33. The molecule has 0 radical (unpaired) electrons. The number of nitrogens with one attached hydrogen (secondary N) is 1. The van der Waals surface area contributed by atoms with E-state index in [9.17, 15) is 13.2 Å². The van der Waals surface area contributed by atoms with Gasteiger partial charge < -0.3 is 10.6 Å².